The molecule has 2 aromatic rings. The molecule has 0 aliphatic carbocycles. The molecular weight excluding hydrogens is 186 g/mol. The first-order valence-corrected chi connectivity index (χ1v) is 5.49. The minimum Gasteiger partial charge on any atom is -0.344 e. The van der Waals surface area contributed by atoms with Gasteiger partial charge in [0.15, 0.2) is 0 Å². The molecule has 0 amide bonds. The van der Waals surface area contributed by atoms with Crippen LogP contribution in [0, 0.1) is 6.92 Å². The third-order valence-corrected chi connectivity index (χ3v) is 2.15. The van der Waals surface area contributed by atoms with Gasteiger partial charge in [0.25, 0.3) is 0 Å². The number of nitrogens with zero attached hydrogens (tertiary/aromatic N) is 3. The van der Waals surface area contributed by atoms with E-state index in [-0.39, 0.29) is 0 Å². The number of hydrogen-bond acceptors (Lipinski definition) is 2. The number of fused-ring (bicyclic) bond motifs is 1. The van der Waals surface area contributed by atoms with Crippen molar-refractivity contribution in [3.63, 3.8) is 0 Å². The normalized spacial score (nSPS) is 10.3. The van der Waals surface area contributed by atoms with Gasteiger partial charge in [0.1, 0.15) is 5.52 Å². The minimum atomic E-state index is 0.473. The summed E-state index contributed by atoms with van der Waals surface area (Å²) < 4.78 is 2.21. The monoisotopic (exact) mass is 205 g/mol. The lowest BCUT2D eigenvalue weighted by atomic mass is 10.3. The van der Waals surface area contributed by atoms with Gasteiger partial charge in [-0.25, -0.2) is 0 Å². The van der Waals surface area contributed by atoms with E-state index in [1.807, 2.05) is 26.8 Å². The Balaban J connectivity index is 0.000000531. The third kappa shape index (κ3) is 2.35. The second-order valence-electron chi connectivity index (χ2n) is 3.57. The van der Waals surface area contributed by atoms with Crippen LogP contribution in [0.3, 0.4) is 0 Å². The van der Waals surface area contributed by atoms with E-state index in [1.165, 1.54) is 5.52 Å². The van der Waals surface area contributed by atoms with Crippen molar-refractivity contribution in [3.8, 4) is 0 Å². The van der Waals surface area contributed by atoms with Crippen LogP contribution >= 0.6 is 0 Å². The van der Waals surface area contributed by atoms with Gasteiger partial charge in [0.2, 0.25) is 0 Å². The highest BCUT2D eigenvalue weighted by Gasteiger charge is 2.04. The van der Waals surface area contributed by atoms with Gasteiger partial charge in [0, 0.05) is 12.2 Å². The van der Waals surface area contributed by atoms with Crippen molar-refractivity contribution in [1.29, 1.82) is 0 Å². The number of hydrogen-bond donors (Lipinski definition) is 0. The molecule has 0 aromatic carbocycles. The molecule has 0 saturated heterocycles. The topological polar surface area (TPSA) is 30.7 Å². The smallest absolute Gasteiger partial charge is 0.111 e. The lowest BCUT2D eigenvalue weighted by Gasteiger charge is -2.08. The fraction of sp³-hybridized carbons (Fsp3) is 0.500. The zero-order valence-corrected chi connectivity index (χ0v) is 10.2. The maximum Gasteiger partial charge on any atom is 0.111 e. The predicted molar refractivity (Wildman–Crippen MR) is 64.0 cm³/mol. The van der Waals surface area contributed by atoms with Crippen LogP contribution in [0.15, 0.2) is 18.3 Å². The van der Waals surface area contributed by atoms with Gasteiger partial charge in [-0.05, 0) is 32.9 Å². The fourth-order valence-electron chi connectivity index (χ4n) is 1.49. The van der Waals surface area contributed by atoms with Gasteiger partial charge in [-0.3, -0.25) is 0 Å². The van der Waals surface area contributed by atoms with Crippen LogP contribution in [-0.4, -0.2) is 14.8 Å². The highest BCUT2D eigenvalue weighted by atomic mass is 15.1. The Morgan fingerprint density at radius 3 is 2.47 bits per heavy atom. The molecule has 0 aliphatic rings. The molecule has 3 nitrogen and oxygen atoms in total. The summed E-state index contributed by atoms with van der Waals surface area (Å²) in [6, 6.07) is 4.55. The summed E-state index contributed by atoms with van der Waals surface area (Å²) >= 11 is 0. The van der Waals surface area contributed by atoms with Crippen molar-refractivity contribution in [3.05, 3.63) is 24.0 Å². The van der Waals surface area contributed by atoms with E-state index >= 15 is 0 Å². The van der Waals surface area contributed by atoms with Crippen LogP contribution < -0.4 is 0 Å². The van der Waals surface area contributed by atoms with E-state index in [4.69, 9.17) is 0 Å². The summed E-state index contributed by atoms with van der Waals surface area (Å²) in [6.07, 6.45) is 2.06. The van der Waals surface area contributed by atoms with E-state index < -0.39 is 0 Å². The van der Waals surface area contributed by atoms with Gasteiger partial charge in [-0.2, -0.15) is 5.10 Å². The zero-order valence-electron chi connectivity index (χ0n) is 10.2. The van der Waals surface area contributed by atoms with E-state index in [2.05, 4.69) is 40.9 Å². The van der Waals surface area contributed by atoms with Gasteiger partial charge in [0.05, 0.1) is 11.2 Å². The van der Waals surface area contributed by atoms with Gasteiger partial charge < -0.3 is 4.57 Å². The first-order chi connectivity index (χ1) is 7.18. The molecule has 0 bridgehead atoms. The van der Waals surface area contributed by atoms with Crippen LogP contribution in [-0.2, 0) is 0 Å². The van der Waals surface area contributed by atoms with E-state index in [0.717, 1.165) is 11.2 Å². The van der Waals surface area contributed by atoms with E-state index in [1.54, 1.807) is 0 Å². The molecule has 82 valence electrons. The molecule has 15 heavy (non-hydrogen) atoms. The van der Waals surface area contributed by atoms with Crippen molar-refractivity contribution in [2.45, 2.75) is 40.7 Å². The quantitative estimate of drug-likeness (QED) is 0.714. The summed E-state index contributed by atoms with van der Waals surface area (Å²) in [6.45, 7) is 10.3. The molecule has 0 radical (unpaired) electrons. The molecule has 0 atom stereocenters. The number of aryl methyl sites for hydroxylation is 1. The third-order valence-electron chi connectivity index (χ3n) is 2.15. The Bertz CT molecular complexity index is 429. The summed E-state index contributed by atoms with van der Waals surface area (Å²) in [5.41, 5.74) is 3.11. The first kappa shape index (κ1) is 11.7. The summed E-state index contributed by atoms with van der Waals surface area (Å²) in [5.74, 6) is 0. The molecule has 2 heterocycles. The minimum absolute atomic E-state index is 0.473. The van der Waals surface area contributed by atoms with Crippen LogP contribution in [0.5, 0.6) is 0 Å². The molecule has 0 unspecified atom stereocenters. The average Bonchev–Trinajstić information content (AvgIpc) is 2.63. The highest BCUT2D eigenvalue weighted by Crippen LogP contribution is 2.17. The van der Waals surface area contributed by atoms with Gasteiger partial charge >= 0.3 is 0 Å². The zero-order chi connectivity index (χ0) is 11.4. The Morgan fingerprint density at radius 2 is 1.87 bits per heavy atom. The number of rotatable bonds is 1. The van der Waals surface area contributed by atoms with Crippen LogP contribution in [0.25, 0.3) is 11.0 Å². The molecule has 0 saturated carbocycles. The SMILES string of the molecule is CC.Cc1cc2c(ccn2C(C)C)nn1. The van der Waals surface area contributed by atoms with Crippen LogP contribution in [0.4, 0.5) is 0 Å². The Morgan fingerprint density at radius 1 is 1.20 bits per heavy atom. The highest BCUT2D eigenvalue weighted by molar-refractivity contribution is 5.75. The van der Waals surface area contributed by atoms with Gasteiger partial charge in [-0.1, -0.05) is 13.8 Å². The largest absolute Gasteiger partial charge is 0.344 e. The summed E-state index contributed by atoms with van der Waals surface area (Å²) in [4.78, 5) is 0. The molecule has 0 N–H and O–H groups in total. The van der Waals surface area contributed by atoms with Crippen molar-refractivity contribution in [2.24, 2.45) is 0 Å². The van der Waals surface area contributed by atoms with Crippen LogP contribution in [0.2, 0.25) is 0 Å². The molecule has 2 rings (SSSR count). The van der Waals surface area contributed by atoms with E-state index in [9.17, 15) is 0 Å². The maximum atomic E-state index is 4.11. The first-order valence-electron chi connectivity index (χ1n) is 5.49. The van der Waals surface area contributed by atoms with Crippen molar-refractivity contribution in [2.75, 3.05) is 0 Å². The van der Waals surface area contributed by atoms with Gasteiger partial charge in [-0.15, -0.1) is 5.10 Å². The molecular formula is C12H19N3. The molecule has 2 aromatic heterocycles. The van der Waals surface area contributed by atoms with E-state index in [0.29, 0.717) is 6.04 Å². The standard InChI is InChI=1S/C10H13N3.C2H6/c1-7(2)13-5-4-9-10(13)6-8(3)11-12-9;1-2/h4-7H,1-3H3;1-2H3. The fourth-order valence-corrected chi connectivity index (χ4v) is 1.49. The second kappa shape index (κ2) is 4.91. The summed E-state index contributed by atoms with van der Waals surface area (Å²) in [5, 5.41) is 8.13. The van der Waals surface area contributed by atoms with Crippen molar-refractivity contribution in [1.82, 2.24) is 14.8 Å². The lowest BCUT2D eigenvalue weighted by molar-refractivity contribution is 0.622. The predicted octanol–water partition coefficient (Wildman–Crippen LogP) is 3.35. The molecule has 0 fully saturated rings. The molecule has 0 spiro atoms. The maximum absolute atomic E-state index is 4.11. The number of aromatic nitrogens is 3. The van der Waals surface area contributed by atoms with Crippen molar-refractivity contribution >= 4 is 11.0 Å². The average molecular weight is 205 g/mol. The lowest BCUT2D eigenvalue weighted by Crippen LogP contribution is -1.99. The Kier molecular flexibility index (Phi) is 3.83. The second-order valence-corrected chi connectivity index (χ2v) is 3.57. The Labute approximate surface area is 91.1 Å². The summed E-state index contributed by atoms with van der Waals surface area (Å²) in [7, 11) is 0. The van der Waals surface area contributed by atoms with Crippen LogP contribution in [0.1, 0.15) is 39.4 Å². The Hall–Kier alpha value is -1.38. The molecule has 3 heteroatoms. The van der Waals surface area contributed by atoms with Crippen molar-refractivity contribution < 1.29 is 0 Å². The molecule has 0 aliphatic heterocycles.